The van der Waals surface area contributed by atoms with Gasteiger partial charge in [0, 0.05) is 17.6 Å². The van der Waals surface area contributed by atoms with E-state index in [0.717, 1.165) is 16.5 Å². The quantitative estimate of drug-likeness (QED) is 0.550. The molecule has 2 aromatic carbocycles. The average Bonchev–Trinajstić information content (AvgIpc) is 3.20. The van der Waals surface area contributed by atoms with Crippen LogP contribution in [0.1, 0.15) is 5.56 Å². The maximum atomic E-state index is 9.09. The Morgan fingerprint density at radius 3 is 2.74 bits per heavy atom. The standard InChI is InChI=1S/C20H15N5O2/c1-26-15-5-6-17-14(10-15)11-19(23-18-7-8-22-25-18)24-20(17)27-16-4-2-3-13(9-16)12-21/h2-11H,1H3,(H2,22,23,24,25). The molecule has 27 heavy (non-hydrogen) atoms. The van der Waals surface area contributed by atoms with Gasteiger partial charge in [-0.2, -0.15) is 15.3 Å². The minimum atomic E-state index is 0.420. The number of hydrogen-bond acceptors (Lipinski definition) is 6. The monoisotopic (exact) mass is 357 g/mol. The van der Waals surface area contributed by atoms with Crippen LogP contribution in [0.4, 0.5) is 11.6 Å². The lowest BCUT2D eigenvalue weighted by molar-refractivity contribution is 0.415. The van der Waals surface area contributed by atoms with Gasteiger partial charge in [-0.25, -0.2) is 0 Å². The molecule has 0 fully saturated rings. The number of H-pyrrole nitrogens is 1. The third-order valence-corrected chi connectivity index (χ3v) is 3.94. The highest BCUT2D eigenvalue weighted by atomic mass is 16.5. The molecule has 0 saturated heterocycles. The smallest absolute Gasteiger partial charge is 0.229 e. The van der Waals surface area contributed by atoms with Crippen molar-refractivity contribution in [1.82, 2.24) is 15.2 Å². The first-order valence-electron chi connectivity index (χ1n) is 8.19. The van der Waals surface area contributed by atoms with Crippen molar-refractivity contribution >= 4 is 22.4 Å². The van der Waals surface area contributed by atoms with Gasteiger partial charge in [0.2, 0.25) is 5.88 Å². The molecule has 2 heterocycles. The number of fused-ring (bicyclic) bond motifs is 1. The van der Waals surface area contributed by atoms with Gasteiger partial charge in [-0.3, -0.25) is 5.10 Å². The van der Waals surface area contributed by atoms with Crippen LogP contribution in [-0.4, -0.2) is 22.3 Å². The van der Waals surface area contributed by atoms with E-state index in [1.165, 1.54) is 0 Å². The summed E-state index contributed by atoms with van der Waals surface area (Å²) in [4.78, 5) is 4.57. The van der Waals surface area contributed by atoms with Crippen molar-refractivity contribution in [2.75, 3.05) is 12.4 Å². The van der Waals surface area contributed by atoms with Crippen LogP contribution < -0.4 is 14.8 Å². The summed E-state index contributed by atoms with van der Waals surface area (Å²) in [7, 11) is 1.62. The van der Waals surface area contributed by atoms with E-state index in [1.54, 1.807) is 43.6 Å². The van der Waals surface area contributed by atoms with Gasteiger partial charge in [0.05, 0.1) is 18.7 Å². The van der Waals surface area contributed by atoms with Crippen molar-refractivity contribution in [3.63, 3.8) is 0 Å². The van der Waals surface area contributed by atoms with Crippen molar-refractivity contribution in [2.45, 2.75) is 0 Å². The molecule has 0 atom stereocenters. The number of methoxy groups -OCH3 is 1. The van der Waals surface area contributed by atoms with Crippen LogP contribution >= 0.6 is 0 Å². The van der Waals surface area contributed by atoms with Crippen LogP contribution in [-0.2, 0) is 0 Å². The molecule has 0 bridgehead atoms. The minimum absolute atomic E-state index is 0.420. The van der Waals surface area contributed by atoms with Crippen LogP contribution in [0.2, 0.25) is 0 Å². The zero-order valence-corrected chi connectivity index (χ0v) is 14.4. The highest BCUT2D eigenvalue weighted by molar-refractivity contribution is 5.90. The molecule has 7 nitrogen and oxygen atoms in total. The Kier molecular flexibility index (Phi) is 4.29. The first kappa shape index (κ1) is 16.4. The van der Waals surface area contributed by atoms with E-state index in [4.69, 9.17) is 14.7 Å². The predicted molar refractivity (Wildman–Crippen MR) is 101 cm³/mol. The number of hydrogen-bond donors (Lipinski definition) is 2. The molecule has 0 spiro atoms. The van der Waals surface area contributed by atoms with Crippen molar-refractivity contribution in [3.05, 3.63) is 66.4 Å². The largest absolute Gasteiger partial charge is 0.497 e. The number of nitriles is 1. The molecule has 0 unspecified atom stereocenters. The Morgan fingerprint density at radius 2 is 1.96 bits per heavy atom. The second-order valence-corrected chi connectivity index (χ2v) is 5.73. The van der Waals surface area contributed by atoms with Gasteiger partial charge in [0.15, 0.2) is 5.82 Å². The minimum Gasteiger partial charge on any atom is -0.497 e. The van der Waals surface area contributed by atoms with Crippen LogP contribution in [0.25, 0.3) is 10.8 Å². The Labute approximate surface area is 155 Å². The summed E-state index contributed by atoms with van der Waals surface area (Å²) in [5, 5.41) is 20.8. The normalized spacial score (nSPS) is 10.4. The first-order chi connectivity index (χ1) is 13.2. The highest BCUT2D eigenvalue weighted by Gasteiger charge is 2.11. The molecule has 2 N–H and O–H groups in total. The molecule has 132 valence electrons. The van der Waals surface area contributed by atoms with Gasteiger partial charge in [-0.15, -0.1) is 0 Å². The van der Waals surface area contributed by atoms with Crippen LogP contribution in [0.3, 0.4) is 0 Å². The van der Waals surface area contributed by atoms with Gasteiger partial charge in [-0.1, -0.05) is 6.07 Å². The second kappa shape index (κ2) is 7.06. The Balaban J connectivity index is 1.79. The number of pyridine rings is 1. The van der Waals surface area contributed by atoms with Gasteiger partial charge in [-0.05, 0) is 47.9 Å². The van der Waals surface area contributed by atoms with Gasteiger partial charge >= 0.3 is 0 Å². The lowest BCUT2D eigenvalue weighted by atomic mass is 10.1. The number of ether oxygens (including phenoxy) is 2. The fraction of sp³-hybridized carbons (Fsp3) is 0.0500. The van der Waals surface area contributed by atoms with Crippen molar-refractivity contribution in [3.8, 4) is 23.4 Å². The molecule has 4 aromatic rings. The molecule has 4 rings (SSSR count). The van der Waals surface area contributed by atoms with Crippen LogP contribution in [0.5, 0.6) is 17.4 Å². The molecular weight excluding hydrogens is 342 g/mol. The summed E-state index contributed by atoms with van der Waals surface area (Å²) in [5.41, 5.74) is 0.518. The molecule has 0 aliphatic carbocycles. The second-order valence-electron chi connectivity index (χ2n) is 5.73. The first-order valence-corrected chi connectivity index (χ1v) is 8.19. The molecule has 0 aliphatic heterocycles. The summed E-state index contributed by atoms with van der Waals surface area (Å²) in [6, 6.07) is 18.4. The van der Waals surface area contributed by atoms with Gasteiger partial charge in [0.1, 0.15) is 17.3 Å². The lowest BCUT2D eigenvalue weighted by Gasteiger charge is -2.12. The maximum Gasteiger partial charge on any atom is 0.229 e. The fourth-order valence-electron chi connectivity index (χ4n) is 2.67. The Morgan fingerprint density at radius 1 is 1.04 bits per heavy atom. The number of rotatable bonds is 5. The number of nitrogens with one attached hydrogen (secondary N) is 2. The lowest BCUT2D eigenvalue weighted by Crippen LogP contribution is -1.98. The van der Waals surface area contributed by atoms with E-state index >= 15 is 0 Å². The zero-order valence-electron chi connectivity index (χ0n) is 14.4. The SMILES string of the molecule is COc1ccc2c(Oc3cccc(C#N)c3)nc(Nc3cc[nH]n3)cc2c1. The molecule has 0 amide bonds. The van der Waals surface area contributed by atoms with Gasteiger partial charge < -0.3 is 14.8 Å². The number of nitrogens with zero attached hydrogens (tertiary/aromatic N) is 3. The summed E-state index contributed by atoms with van der Waals surface area (Å²) in [6.45, 7) is 0. The van der Waals surface area contributed by atoms with E-state index in [-0.39, 0.29) is 0 Å². The van der Waals surface area contributed by atoms with E-state index < -0.39 is 0 Å². The van der Waals surface area contributed by atoms with Crippen LogP contribution in [0.15, 0.2) is 60.8 Å². The summed E-state index contributed by atoms with van der Waals surface area (Å²) < 4.78 is 11.3. The topological polar surface area (TPSA) is 95.9 Å². The van der Waals surface area contributed by atoms with Crippen molar-refractivity contribution in [1.29, 1.82) is 5.26 Å². The molecule has 7 heteroatoms. The summed E-state index contributed by atoms with van der Waals surface area (Å²) >= 11 is 0. The average molecular weight is 357 g/mol. The number of anilines is 2. The Bertz CT molecular complexity index is 1130. The Hall–Kier alpha value is -4.05. The predicted octanol–water partition coefficient (Wildman–Crippen LogP) is 4.37. The van der Waals surface area contributed by atoms with Crippen LogP contribution in [0, 0.1) is 11.3 Å². The molecular formula is C20H15N5O2. The summed E-state index contributed by atoms with van der Waals surface area (Å²) in [5.74, 6) is 2.91. The van der Waals surface area contributed by atoms with E-state index in [1.807, 2.05) is 24.3 Å². The van der Waals surface area contributed by atoms with Crippen molar-refractivity contribution < 1.29 is 9.47 Å². The summed E-state index contributed by atoms with van der Waals surface area (Å²) in [6.07, 6.45) is 1.72. The van der Waals surface area contributed by atoms with E-state index in [2.05, 4.69) is 26.6 Å². The number of benzene rings is 2. The molecule has 0 saturated carbocycles. The van der Waals surface area contributed by atoms with Crippen molar-refractivity contribution in [2.24, 2.45) is 0 Å². The third kappa shape index (κ3) is 3.50. The van der Waals surface area contributed by atoms with E-state index in [9.17, 15) is 0 Å². The maximum absolute atomic E-state index is 9.09. The molecule has 0 aliphatic rings. The highest BCUT2D eigenvalue weighted by Crippen LogP contribution is 2.33. The number of aromatic amines is 1. The third-order valence-electron chi connectivity index (χ3n) is 3.94. The van der Waals surface area contributed by atoms with E-state index in [0.29, 0.717) is 28.8 Å². The molecule has 0 radical (unpaired) electrons. The number of aromatic nitrogens is 3. The molecule has 2 aromatic heterocycles. The van der Waals surface area contributed by atoms with Gasteiger partial charge in [0.25, 0.3) is 0 Å². The fourth-order valence-corrected chi connectivity index (χ4v) is 2.67. The zero-order chi connectivity index (χ0) is 18.6.